The molecular formula is C13H25N3O4S. The van der Waals surface area contributed by atoms with Gasteiger partial charge >= 0.3 is 0 Å². The van der Waals surface area contributed by atoms with Crippen LogP contribution in [0.5, 0.6) is 0 Å². The largest absolute Gasteiger partial charge is 0.447 e. The van der Waals surface area contributed by atoms with Crippen LogP contribution in [0.4, 0.5) is 0 Å². The summed E-state index contributed by atoms with van der Waals surface area (Å²) in [7, 11) is 1.79. The molecule has 0 aromatic carbocycles. The molecule has 7 nitrogen and oxygen atoms in total. The monoisotopic (exact) mass is 319 g/mol. The molecule has 0 fully saturated rings. The van der Waals surface area contributed by atoms with E-state index in [1.165, 1.54) is 6.07 Å². The lowest BCUT2D eigenvalue weighted by Crippen LogP contribution is -2.39. The molecule has 0 saturated heterocycles. The van der Waals surface area contributed by atoms with E-state index >= 15 is 0 Å². The number of likely N-dealkylation sites (N-methyl/N-ethyl adjacent to an activating group) is 1. The molecule has 0 radical (unpaired) electrons. The molecule has 1 heterocycles. The van der Waals surface area contributed by atoms with Gasteiger partial charge in [-0.1, -0.05) is 0 Å². The normalized spacial score (nSPS) is 13.8. The first-order valence-corrected chi connectivity index (χ1v) is 8.29. The minimum atomic E-state index is -3.62. The second kappa shape index (κ2) is 8.50. The number of hydrogen-bond acceptors (Lipinski definition) is 6. The Labute approximate surface area is 126 Å². The maximum absolute atomic E-state index is 12.1. The minimum Gasteiger partial charge on any atom is -0.447 e. The van der Waals surface area contributed by atoms with Crippen LogP contribution in [0.25, 0.3) is 0 Å². The molecule has 0 aliphatic carbocycles. The second-order valence-corrected chi connectivity index (χ2v) is 6.82. The highest BCUT2D eigenvalue weighted by molar-refractivity contribution is 7.89. The van der Waals surface area contributed by atoms with Gasteiger partial charge in [-0.3, -0.25) is 0 Å². The van der Waals surface area contributed by atoms with Gasteiger partial charge in [-0.2, -0.15) is 0 Å². The van der Waals surface area contributed by atoms with E-state index < -0.39 is 10.0 Å². The Hall–Kier alpha value is -0.930. The van der Waals surface area contributed by atoms with Crippen molar-refractivity contribution < 1.29 is 17.6 Å². The van der Waals surface area contributed by atoms with Gasteiger partial charge in [0.05, 0.1) is 13.2 Å². The summed E-state index contributed by atoms with van der Waals surface area (Å²) < 4.78 is 37.2. The molecule has 1 atom stereocenters. The number of furan rings is 1. The molecule has 2 N–H and O–H groups in total. The van der Waals surface area contributed by atoms with Gasteiger partial charge in [0.25, 0.3) is 10.0 Å². The Bertz CT molecular complexity index is 513. The van der Waals surface area contributed by atoms with Crippen molar-refractivity contribution in [3.63, 3.8) is 0 Å². The standard InChI is InChI=1S/C13H25N3O4S/c1-11(10-16(2)3)15-21(17,18)13-6-5-12(20-13)9-14-7-8-19-4/h5-6,11,14-15H,7-10H2,1-4H3. The number of rotatable bonds is 10. The van der Waals surface area contributed by atoms with Crippen molar-refractivity contribution in [2.45, 2.75) is 24.6 Å². The molecule has 8 heteroatoms. The first-order valence-electron chi connectivity index (χ1n) is 6.80. The van der Waals surface area contributed by atoms with Crippen LogP contribution in [-0.2, 0) is 21.3 Å². The number of ether oxygens (including phenoxy) is 1. The van der Waals surface area contributed by atoms with E-state index in [-0.39, 0.29) is 11.1 Å². The smallest absolute Gasteiger partial charge is 0.274 e. The highest BCUT2D eigenvalue weighted by atomic mass is 32.2. The summed E-state index contributed by atoms with van der Waals surface area (Å²) in [5.41, 5.74) is 0. The SMILES string of the molecule is COCCNCc1ccc(S(=O)(=O)NC(C)CN(C)C)o1. The summed E-state index contributed by atoms with van der Waals surface area (Å²) in [4.78, 5) is 1.92. The fourth-order valence-corrected chi connectivity index (χ4v) is 3.08. The summed E-state index contributed by atoms with van der Waals surface area (Å²) in [6.45, 7) is 4.16. The topological polar surface area (TPSA) is 83.8 Å². The predicted molar refractivity (Wildman–Crippen MR) is 80.6 cm³/mol. The number of sulfonamides is 1. The molecule has 1 rings (SSSR count). The van der Waals surface area contributed by atoms with E-state index in [2.05, 4.69) is 10.0 Å². The molecule has 0 amide bonds. The van der Waals surface area contributed by atoms with Crippen molar-refractivity contribution >= 4 is 10.0 Å². The molecule has 122 valence electrons. The third-order valence-corrected chi connectivity index (χ3v) is 4.14. The van der Waals surface area contributed by atoms with Gasteiger partial charge in [0.1, 0.15) is 5.76 Å². The van der Waals surface area contributed by atoms with Crippen LogP contribution < -0.4 is 10.0 Å². The predicted octanol–water partition coefficient (Wildman–Crippen LogP) is 0.244. The molecule has 1 unspecified atom stereocenters. The van der Waals surface area contributed by atoms with Gasteiger partial charge in [-0.25, -0.2) is 13.1 Å². The number of nitrogens with one attached hydrogen (secondary N) is 2. The Morgan fingerprint density at radius 1 is 1.38 bits per heavy atom. The quantitative estimate of drug-likeness (QED) is 0.601. The summed E-state index contributed by atoms with van der Waals surface area (Å²) in [6.07, 6.45) is 0. The van der Waals surface area contributed by atoms with Crippen molar-refractivity contribution in [1.29, 1.82) is 0 Å². The Morgan fingerprint density at radius 3 is 2.71 bits per heavy atom. The third-order valence-electron chi connectivity index (χ3n) is 2.68. The van der Waals surface area contributed by atoms with Crippen LogP contribution in [0, 0.1) is 0 Å². The molecular weight excluding hydrogens is 294 g/mol. The van der Waals surface area contributed by atoms with E-state index in [0.717, 1.165) is 0 Å². The Kier molecular flexibility index (Phi) is 7.33. The average molecular weight is 319 g/mol. The van der Waals surface area contributed by atoms with Crippen LogP contribution >= 0.6 is 0 Å². The van der Waals surface area contributed by atoms with E-state index in [9.17, 15) is 8.42 Å². The van der Waals surface area contributed by atoms with Gasteiger partial charge < -0.3 is 19.4 Å². The van der Waals surface area contributed by atoms with Crippen LogP contribution in [0.15, 0.2) is 21.6 Å². The Balaban J connectivity index is 2.57. The molecule has 0 spiro atoms. The maximum atomic E-state index is 12.1. The fourth-order valence-electron chi connectivity index (χ4n) is 1.89. The molecule has 0 saturated carbocycles. The molecule has 0 bridgehead atoms. The molecule has 21 heavy (non-hydrogen) atoms. The highest BCUT2D eigenvalue weighted by Gasteiger charge is 2.21. The van der Waals surface area contributed by atoms with Crippen molar-refractivity contribution in [3.05, 3.63) is 17.9 Å². The first kappa shape index (κ1) is 18.1. The molecule has 1 aromatic rings. The zero-order valence-corrected chi connectivity index (χ0v) is 13.9. The van der Waals surface area contributed by atoms with Crippen LogP contribution in [0.3, 0.4) is 0 Å². The van der Waals surface area contributed by atoms with Gasteiger partial charge in [0, 0.05) is 26.2 Å². The van der Waals surface area contributed by atoms with Gasteiger partial charge in [-0.15, -0.1) is 0 Å². The molecule has 0 aliphatic heterocycles. The summed E-state index contributed by atoms with van der Waals surface area (Å²) >= 11 is 0. The van der Waals surface area contributed by atoms with Gasteiger partial charge in [0.2, 0.25) is 5.09 Å². The lowest BCUT2D eigenvalue weighted by Gasteiger charge is -2.17. The zero-order chi connectivity index (χ0) is 15.9. The van der Waals surface area contributed by atoms with E-state index in [1.807, 2.05) is 25.9 Å². The summed E-state index contributed by atoms with van der Waals surface area (Å²) in [6, 6.07) is 2.93. The number of hydrogen-bond donors (Lipinski definition) is 2. The average Bonchev–Trinajstić information content (AvgIpc) is 2.82. The lowest BCUT2D eigenvalue weighted by molar-refractivity contribution is 0.198. The van der Waals surface area contributed by atoms with Crippen LogP contribution in [-0.4, -0.2) is 60.3 Å². The van der Waals surface area contributed by atoms with Crippen molar-refractivity contribution in [2.24, 2.45) is 0 Å². The second-order valence-electron chi connectivity index (χ2n) is 5.17. The summed E-state index contributed by atoms with van der Waals surface area (Å²) in [5, 5.41) is 3.03. The van der Waals surface area contributed by atoms with E-state index in [1.54, 1.807) is 13.2 Å². The highest BCUT2D eigenvalue weighted by Crippen LogP contribution is 2.14. The van der Waals surface area contributed by atoms with E-state index in [4.69, 9.17) is 9.15 Å². The fraction of sp³-hybridized carbons (Fsp3) is 0.692. The van der Waals surface area contributed by atoms with Crippen LogP contribution in [0.2, 0.25) is 0 Å². The Morgan fingerprint density at radius 2 is 2.10 bits per heavy atom. The first-order chi connectivity index (χ1) is 9.85. The number of nitrogens with zero attached hydrogens (tertiary/aromatic N) is 1. The number of methoxy groups -OCH3 is 1. The van der Waals surface area contributed by atoms with Crippen LogP contribution in [0.1, 0.15) is 12.7 Å². The zero-order valence-electron chi connectivity index (χ0n) is 13.0. The van der Waals surface area contributed by atoms with Crippen molar-refractivity contribution in [1.82, 2.24) is 14.9 Å². The van der Waals surface area contributed by atoms with Gasteiger partial charge in [-0.05, 0) is 33.2 Å². The molecule has 1 aromatic heterocycles. The maximum Gasteiger partial charge on any atom is 0.274 e. The van der Waals surface area contributed by atoms with Gasteiger partial charge in [0.15, 0.2) is 0 Å². The lowest BCUT2D eigenvalue weighted by atomic mass is 10.3. The van der Waals surface area contributed by atoms with Crippen molar-refractivity contribution in [3.8, 4) is 0 Å². The molecule has 0 aliphatic rings. The third kappa shape index (κ3) is 6.58. The summed E-state index contributed by atoms with van der Waals surface area (Å²) in [5.74, 6) is 0.576. The van der Waals surface area contributed by atoms with Crippen molar-refractivity contribution in [2.75, 3.05) is 40.9 Å². The van der Waals surface area contributed by atoms with E-state index in [0.29, 0.717) is 32.0 Å². The minimum absolute atomic E-state index is 0.0587.